The van der Waals surface area contributed by atoms with Gasteiger partial charge in [0, 0.05) is 11.0 Å². The standard InChI is InChI=1S/C18H15BrF3NO3/c19-16-11-15(26-18(20,21)22)9-8-14(16)7-4-10-23-17(24)25-12-13-5-2-1-3-6-13/h1-9,11H,10,12H2,(H,23,24). The summed E-state index contributed by atoms with van der Waals surface area (Å²) >= 11 is 3.18. The van der Waals surface area contributed by atoms with Crippen LogP contribution in [0.25, 0.3) is 6.08 Å². The second-order valence-corrected chi connectivity index (χ2v) is 5.93. The van der Waals surface area contributed by atoms with E-state index in [4.69, 9.17) is 4.74 Å². The number of amides is 1. The maximum absolute atomic E-state index is 12.2. The number of halogens is 4. The van der Waals surface area contributed by atoms with Gasteiger partial charge in [0.2, 0.25) is 0 Å². The molecule has 0 radical (unpaired) electrons. The lowest BCUT2D eigenvalue weighted by molar-refractivity contribution is -0.274. The number of nitrogens with one attached hydrogen (secondary N) is 1. The van der Waals surface area contributed by atoms with Crippen molar-refractivity contribution in [2.45, 2.75) is 13.0 Å². The SMILES string of the molecule is O=C(NCC=Cc1ccc(OC(F)(F)F)cc1Br)OCc1ccccc1. The number of carbonyl (C=O) groups is 1. The number of hydrogen-bond donors (Lipinski definition) is 1. The summed E-state index contributed by atoms with van der Waals surface area (Å²) < 4.78 is 45.8. The van der Waals surface area contributed by atoms with E-state index >= 15 is 0 Å². The van der Waals surface area contributed by atoms with E-state index in [1.54, 1.807) is 12.2 Å². The van der Waals surface area contributed by atoms with E-state index in [1.165, 1.54) is 18.2 Å². The predicted molar refractivity (Wildman–Crippen MR) is 94.5 cm³/mol. The Hall–Kier alpha value is -2.48. The van der Waals surface area contributed by atoms with E-state index in [0.29, 0.717) is 10.0 Å². The van der Waals surface area contributed by atoms with Crippen LogP contribution < -0.4 is 10.1 Å². The minimum Gasteiger partial charge on any atom is -0.445 e. The van der Waals surface area contributed by atoms with Crippen LogP contribution in [-0.4, -0.2) is 19.0 Å². The average Bonchev–Trinajstić information content (AvgIpc) is 2.58. The lowest BCUT2D eigenvalue weighted by atomic mass is 10.2. The van der Waals surface area contributed by atoms with E-state index < -0.39 is 12.5 Å². The van der Waals surface area contributed by atoms with E-state index in [0.717, 1.165) is 5.56 Å². The zero-order chi connectivity index (χ0) is 19.0. The Balaban J connectivity index is 1.78. The zero-order valence-corrected chi connectivity index (χ0v) is 15.0. The van der Waals surface area contributed by atoms with Gasteiger partial charge in [-0.15, -0.1) is 13.2 Å². The third-order valence-electron chi connectivity index (χ3n) is 3.08. The fourth-order valence-electron chi connectivity index (χ4n) is 1.94. The predicted octanol–water partition coefficient (Wildman–Crippen LogP) is 5.29. The van der Waals surface area contributed by atoms with Gasteiger partial charge in [-0.3, -0.25) is 0 Å². The number of hydrogen-bond acceptors (Lipinski definition) is 3. The van der Waals surface area contributed by atoms with E-state index in [9.17, 15) is 18.0 Å². The van der Waals surface area contributed by atoms with Crippen molar-refractivity contribution in [3.05, 3.63) is 70.2 Å². The van der Waals surface area contributed by atoms with Crippen molar-refractivity contribution in [3.63, 3.8) is 0 Å². The van der Waals surface area contributed by atoms with Crippen molar-refractivity contribution in [2.24, 2.45) is 0 Å². The molecule has 8 heteroatoms. The Kier molecular flexibility index (Phi) is 7.08. The second kappa shape index (κ2) is 9.28. The molecule has 0 spiro atoms. The monoisotopic (exact) mass is 429 g/mol. The quantitative estimate of drug-likeness (QED) is 0.678. The lowest BCUT2D eigenvalue weighted by Crippen LogP contribution is -2.24. The van der Waals surface area contributed by atoms with Gasteiger partial charge in [0.25, 0.3) is 0 Å². The Morgan fingerprint density at radius 3 is 2.54 bits per heavy atom. The highest BCUT2D eigenvalue weighted by molar-refractivity contribution is 9.10. The van der Waals surface area contributed by atoms with Gasteiger partial charge in [-0.05, 0) is 23.3 Å². The van der Waals surface area contributed by atoms with E-state index in [2.05, 4.69) is 26.0 Å². The normalized spacial score (nSPS) is 11.4. The van der Waals surface area contributed by atoms with E-state index in [-0.39, 0.29) is 18.9 Å². The summed E-state index contributed by atoms with van der Waals surface area (Å²) in [6.45, 7) is 0.378. The highest BCUT2D eigenvalue weighted by Gasteiger charge is 2.31. The van der Waals surface area contributed by atoms with Crippen molar-refractivity contribution in [2.75, 3.05) is 6.54 Å². The van der Waals surface area contributed by atoms with Gasteiger partial charge in [-0.25, -0.2) is 4.79 Å². The molecule has 0 saturated heterocycles. The molecule has 1 amide bonds. The maximum Gasteiger partial charge on any atom is 0.573 e. The summed E-state index contributed by atoms with van der Waals surface area (Å²) in [7, 11) is 0. The third kappa shape index (κ3) is 7.18. The number of carbonyl (C=O) groups excluding carboxylic acids is 1. The van der Waals surface area contributed by atoms with Crippen LogP contribution in [0, 0.1) is 0 Å². The summed E-state index contributed by atoms with van der Waals surface area (Å²) in [5, 5.41) is 2.55. The number of rotatable bonds is 6. The molecule has 4 nitrogen and oxygen atoms in total. The molecule has 138 valence electrons. The largest absolute Gasteiger partial charge is 0.573 e. The Bertz CT molecular complexity index is 764. The first-order chi connectivity index (χ1) is 12.3. The molecule has 2 aromatic rings. The van der Waals surface area contributed by atoms with Crippen molar-refractivity contribution in [1.82, 2.24) is 5.32 Å². The van der Waals surface area contributed by atoms with Crippen LogP contribution in [0.1, 0.15) is 11.1 Å². The fraction of sp³-hybridized carbons (Fsp3) is 0.167. The number of alkyl halides is 3. The van der Waals surface area contributed by atoms with Crippen LogP contribution in [0.15, 0.2) is 59.1 Å². The molecule has 2 rings (SSSR count). The molecule has 1 N–H and O–H groups in total. The molecule has 0 aromatic heterocycles. The first-order valence-electron chi connectivity index (χ1n) is 7.50. The summed E-state index contributed by atoms with van der Waals surface area (Å²) in [5.41, 5.74) is 1.52. The van der Waals surface area contributed by atoms with Gasteiger partial charge in [-0.1, -0.05) is 64.5 Å². The molecular weight excluding hydrogens is 415 g/mol. The lowest BCUT2D eigenvalue weighted by Gasteiger charge is -2.09. The van der Waals surface area contributed by atoms with Crippen LogP contribution in [0.2, 0.25) is 0 Å². The molecule has 26 heavy (non-hydrogen) atoms. The molecule has 0 saturated carbocycles. The van der Waals surface area contributed by atoms with Crippen molar-refractivity contribution in [1.29, 1.82) is 0 Å². The molecule has 0 aliphatic carbocycles. The summed E-state index contributed by atoms with van der Waals surface area (Å²) in [6.07, 6.45) is -2.00. The molecule has 0 aliphatic heterocycles. The maximum atomic E-state index is 12.2. The van der Waals surface area contributed by atoms with Gasteiger partial charge in [0.15, 0.2) is 0 Å². The molecule has 0 unspecified atom stereocenters. The van der Waals surface area contributed by atoms with Crippen LogP contribution in [0.5, 0.6) is 5.75 Å². The highest BCUT2D eigenvalue weighted by Crippen LogP contribution is 2.28. The number of alkyl carbamates (subject to hydrolysis) is 1. The number of ether oxygens (including phenoxy) is 2. The average molecular weight is 430 g/mol. The van der Waals surface area contributed by atoms with Crippen molar-refractivity contribution in [3.8, 4) is 5.75 Å². The van der Waals surface area contributed by atoms with E-state index in [1.807, 2.05) is 30.3 Å². The smallest absolute Gasteiger partial charge is 0.445 e. The zero-order valence-electron chi connectivity index (χ0n) is 13.4. The van der Waals surface area contributed by atoms with Gasteiger partial charge in [0.05, 0.1) is 0 Å². The highest BCUT2D eigenvalue weighted by atomic mass is 79.9. The topological polar surface area (TPSA) is 47.6 Å². The summed E-state index contributed by atoms with van der Waals surface area (Å²) in [6, 6.07) is 13.1. The molecule has 0 atom stereocenters. The first kappa shape index (κ1) is 19.8. The minimum absolute atomic E-state index is 0.169. The second-order valence-electron chi connectivity index (χ2n) is 5.08. The molecule has 2 aromatic carbocycles. The molecule has 0 aliphatic rings. The molecule has 0 fully saturated rings. The summed E-state index contributed by atoms with van der Waals surface area (Å²) in [5.74, 6) is -0.316. The molecule has 0 bridgehead atoms. The fourth-order valence-corrected chi connectivity index (χ4v) is 2.43. The van der Waals surface area contributed by atoms with Crippen LogP contribution in [0.3, 0.4) is 0 Å². The Morgan fingerprint density at radius 1 is 1.15 bits per heavy atom. The summed E-state index contributed by atoms with van der Waals surface area (Å²) in [4.78, 5) is 11.6. The Labute approximate surface area is 156 Å². The van der Waals surface area contributed by atoms with Gasteiger partial charge >= 0.3 is 12.5 Å². The molecule has 0 heterocycles. The van der Waals surface area contributed by atoms with Crippen molar-refractivity contribution >= 4 is 28.1 Å². The van der Waals surface area contributed by atoms with Gasteiger partial charge in [-0.2, -0.15) is 0 Å². The first-order valence-corrected chi connectivity index (χ1v) is 8.29. The number of benzene rings is 2. The van der Waals surface area contributed by atoms with Crippen LogP contribution in [-0.2, 0) is 11.3 Å². The third-order valence-corrected chi connectivity index (χ3v) is 3.77. The minimum atomic E-state index is -4.74. The van der Waals surface area contributed by atoms with Crippen molar-refractivity contribution < 1.29 is 27.4 Å². The van der Waals surface area contributed by atoms with Gasteiger partial charge < -0.3 is 14.8 Å². The van der Waals surface area contributed by atoms with Crippen LogP contribution in [0.4, 0.5) is 18.0 Å². The van der Waals surface area contributed by atoms with Gasteiger partial charge in [0.1, 0.15) is 12.4 Å². The van der Waals surface area contributed by atoms with Crippen LogP contribution >= 0.6 is 15.9 Å². The Morgan fingerprint density at radius 2 is 1.88 bits per heavy atom. The molecular formula is C18H15BrF3NO3.